The van der Waals surface area contributed by atoms with Crippen molar-refractivity contribution in [2.75, 3.05) is 31.1 Å². The molecule has 28 heavy (non-hydrogen) atoms. The molecule has 3 aromatic rings. The molecular weight excluding hydrogens is 350 g/mol. The standard InChI is InChI=1S/C21H23N7/c1-16-12-17(2)28(25-16)19-5-3-4-18(13-19)15-26-8-10-27(11-9-26)21-20(14-22)23-6-7-24-21/h3-7,12-13H,8-11,15H2,1-2H3. The smallest absolute Gasteiger partial charge is 0.183 e. The number of nitriles is 1. The second-order valence-corrected chi connectivity index (χ2v) is 7.11. The van der Waals surface area contributed by atoms with Gasteiger partial charge >= 0.3 is 0 Å². The Morgan fingerprint density at radius 1 is 1.04 bits per heavy atom. The van der Waals surface area contributed by atoms with Gasteiger partial charge in [-0.05, 0) is 37.6 Å². The molecule has 1 aliphatic heterocycles. The number of hydrogen-bond donors (Lipinski definition) is 0. The van der Waals surface area contributed by atoms with Crippen LogP contribution in [-0.4, -0.2) is 50.8 Å². The average molecular weight is 373 g/mol. The van der Waals surface area contributed by atoms with Crippen molar-refractivity contribution in [1.82, 2.24) is 24.6 Å². The van der Waals surface area contributed by atoms with E-state index in [1.54, 1.807) is 12.4 Å². The van der Waals surface area contributed by atoms with E-state index in [1.807, 2.05) is 11.6 Å². The predicted octanol–water partition coefficient (Wildman–Crippen LogP) is 2.47. The number of hydrogen-bond acceptors (Lipinski definition) is 6. The third kappa shape index (κ3) is 3.73. The van der Waals surface area contributed by atoms with Gasteiger partial charge in [-0.25, -0.2) is 14.6 Å². The molecule has 2 aromatic heterocycles. The van der Waals surface area contributed by atoms with Crippen LogP contribution in [0.3, 0.4) is 0 Å². The van der Waals surface area contributed by atoms with E-state index in [9.17, 15) is 5.26 Å². The van der Waals surface area contributed by atoms with Crippen LogP contribution in [0.4, 0.5) is 5.82 Å². The zero-order valence-electron chi connectivity index (χ0n) is 16.2. The Kier molecular flexibility index (Phi) is 5.04. The third-order valence-corrected chi connectivity index (χ3v) is 5.03. The molecule has 7 heteroatoms. The molecule has 1 aromatic carbocycles. The normalized spacial score (nSPS) is 14.8. The first kappa shape index (κ1) is 18.1. The van der Waals surface area contributed by atoms with E-state index in [0.29, 0.717) is 11.5 Å². The molecule has 1 fully saturated rings. The Labute approximate surface area is 164 Å². The van der Waals surface area contributed by atoms with E-state index in [1.165, 1.54) is 5.56 Å². The molecule has 7 nitrogen and oxygen atoms in total. The second kappa shape index (κ2) is 7.79. The van der Waals surface area contributed by atoms with Crippen LogP contribution in [0, 0.1) is 25.2 Å². The van der Waals surface area contributed by atoms with E-state index < -0.39 is 0 Å². The number of nitrogens with zero attached hydrogens (tertiary/aromatic N) is 7. The SMILES string of the molecule is Cc1cc(C)n(-c2cccc(CN3CCN(c4nccnc4C#N)CC3)c2)n1. The monoisotopic (exact) mass is 373 g/mol. The maximum absolute atomic E-state index is 9.24. The molecule has 1 aliphatic rings. The number of benzene rings is 1. The lowest BCUT2D eigenvalue weighted by atomic mass is 10.1. The maximum atomic E-state index is 9.24. The number of rotatable bonds is 4. The van der Waals surface area contributed by atoms with Crippen molar-refractivity contribution in [3.05, 3.63) is 65.4 Å². The maximum Gasteiger partial charge on any atom is 0.183 e. The Bertz CT molecular complexity index is 1010. The van der Waals surface area contributed by atoms with Gasteiger partial charge in [-0.15, -0.1) is 0 Å². The quantitative estimate of drug-likeness (QED) is 0.699. The summed E-state index contributed by atoms with van der Waals surface area (Å²) in [5.41, 5.74) is 4.93. The second-order valence-electron chi connectivity index (χ2n) is 7.11. The van der Waals surface area contributed by atoms with E-state index in [2.05, 4.69) is 68.2 Å². The molecule has 1 saturated heterocycles. The molecule has 0 N–H and O–H groups in total. The molecule has 4 rings (SSSR count). The summed E-state index contributed by atoms with van der Waals surface area (Å²) in [6.45, 7) is 8.51. The van der Waals surface area contributed by atoms with Gasteiger partial charge in [-0.2, -0.15) is 10.4 Å². The fourth-order valence-electron chi connectivity index (χ4n) is 3.69. The number of aromatic nitrogens is 4. The van der Waals surface area contributed by atoms with Gasteiger partial charge in [0.25, 0.3) is 0 Å². The minimum atomic E-state index is 0.397. The van der Waals surface area contributed by atoms with Crippen LogP contribution in [0.25, 0.3) is 5.69 Å². The van der Waals surface area contributed by atoms with Crippen molar-refractivity contribution in [3.8, 4) is 11.8 Å². The van der Waals surface area contributed by atoms with Gasteiger partial charge in [-0.3, -0.25) is 4.90 Å². The van der Waals surface area contributed by atoms with Crippen LogP contribution in [-0.2, 0) is 6.54 Å². The highest BCUT2D eigenvalue weighted by Gasteiger charge is 2.21. The minimum absolute atomic E-state index is 0.397. The van der Waals surface area contributed by atoms with Crippen LogP contribution in [0.15, 0.2) is 42.7 Å². The molecule has 0 radical (unpaired) electrons. The average Bonchev–Trinajstić information content (AvgIpc) is 3.07. The van der Waals surface area contributed by atoms with Crippen molar-refractivity contribution in [2.45, 2.75) is 20.4 Å². The zero-order chi connectivity index (χ0) is 19.5. The first-order chi connectivity index (χ1) is 13.6. The highest BCUT2D eigenvalue weighted by molar-refractivity contribution is 5.49. The van der Waals surface area contributed by atoms with E-state index in [0.717, 1.165) is 49.8 Å². The molecule has 0 saturated carbocycles. The van der Waals surface area contributed by atoms with E-state index in [-0.39, 0.29) is 0 Å². The van der Waals surface area contributed by atoms with Gasteiger partial charge in [0.2, 0.25) is 0 Å². The predicted molar refractivity (Wildman–Crippen MR) is 107 cm³/mol. The van der Waals surface area contributed by atoms with Crippen molar-refractivity contribution in [1.29, 1.82) is 5.26 Å². The summed E-state index contributed by atoms with van der Waals surface area (Å²) in [7, 11) is 0. The topological polar surface area (TPSA) is 73.9 Å². The van der Waals surface area contributed by atoms with Gasteiger partial charge in [0.1, 0.15) is 6.07 Å². The lowest BCUT2D eigenvalue weighted by Gasteiger charge is -2.35. The lowest BCUT2D eigenvalue weighted by molar-refractivity contribution is 0.249. The van der Waals surface area contributed by atoms with Crippen molar-refractivity contribution >= 4 is 5.82 Å². The van der Waals surface area contributed by atoms with Gasteiger partial charge in [0, 0.05) is 50.8 Å². The molecule has 0 spiro atoms. The van der Waals surface area contributed by atoms with Crippen molar-refractivity contribution in [3.63, 3.8) is 0 Å². The molecule has 0 atom stereocenters. The summed E-state index contributed by atoms with van der Waals surface area (Å²) in [5, 5.41) is 13.8. The lowest BCUT2D eigenvalue weighted by Crippen LogP contribution is -2.46. The van der Waals surface area contributed by atoms with Crippen LogP contribution >= 0.6 is 0 Å². The van der Waals surface area contributed by atoms with Crippen molar-refractivity contribution < 1.29 is 0 Å². The fraction of sp³-hybridized carbons (Fsp3) is 0.333. The molecule has 0 unspecified atom stereocenters. The summed E-state index contributed by atoms with van der Waals surface area (Å²) in [6, 6.07) is 12.8. The minimum Gasteiger partial charge on any atom is -0.352 e. The summed E-state index contributed by atoms with van der Waals surface area (Å²) in [4.78, 5) is 13.0. The zero-order valence-corrected chi connectivity index (χ0v) is 16.2. The Morgan fingerprint density at radius 2 is 1.82 bits per heavy atom. The van der Waals surface area contributed by atoms with Crippen LogP contribution < -0.4 is 4.90 Å². The Morgan fingerprint density at radius 3 is 2.54 bits per heavy atom. The summed E-state index contributed by atoms with van der Waals surface area (Å²) < 4.78 is 1.99. The summed E-state index contributed by atoms with van der Waals surface area (Å²) >= 11 is 0. The first-order valence-electron chi connectivity index (χ1n) is 9.45. The van der Waals surface area contributed by atoms with E-state index in [4.69, 9.17) is 0 Å². The summed E-state index contributed by atoms with van der Waals surface area (Å²) in [6.07, 6.45) is 3.21. The third-order valence-electron chi connectivity index (χ3n) is 5.03. The Hall–Kier alpha value is -3.24. The molecule has 0 amide bonds. The highest BCUT2D eigenvalue weighted by Crippen LogP contribution is 2.19. The number of aryl methyl sites for hydroxylation is 2. The number of piperazine rings is 1. The van der Waals surface area contributed by atoms with Gasteiger partial charge in [0.15, 0.2) is 11.5 Å². The van der Waals surface area contributed by atoms with Gasteiger partial charge in [0.05, 0.1) is 11.4 Å². The highest BCUT2D eigenvalue weighted by atomic mass is 15.3. The van der Waals surface area contributed by atoms with Gasteiger partial charge < -0.3 is 4.90 Å². The molecule has 0 bridgehead atoms. The van der Waals surface area contributed by atoms with Crippen LogP contribution in [0.5, 0.6) is 0 Å². The molecular formula is C21H23N7. The van der Waals surface area contributed by atoms with Crippen molar-refractivity contribution in [2.24, 2.45) is 0 Å². The molecule has 0 aliphatic carbocycles. The fourth-order valence-corrected chi connectivity index (χ4v) is 3.69. The number of anilines is 1. The van der Waals surface area contributed by atoms with E-state index >= 15 is 0 Å². The largest absolute Gasteiger partial charge is 0.352 e. The molecule has 3 heterocycles. The summed E-state index contributed by atoms with van der Waals surface area (Å²) in [5.74, 6) is 0.691. The van der Waals surface area contributed by atoms with Crippen LogP contribution in [0.1, 0.15) is 22.6 Å². The van der Waals surface area contributed by atoms with Crippen LogP contribution in [0.2, 0.25) is 0 Å². The first-order valence-corrected chi connectivity index (χ1v) is 9.45. The Balaban J connectivity index is 1.42. The van der Waals surface area contributed by atoms with Gasteiger partial charge in [-0.1, -0.05) is 12.1 Å². The molecule has 142 valence electrons.